The third-order valence-electron chi connectivity index (χ3n) is 7.39. The second-order valence-electron chi connectivity index (χ2n) is 10.2. The Bertz CT molecular complexity index is 1760. The van der Waals surface area contributed by atoms with E-state index in [-0.39, 0.29) is 41.9 Å². The van der Waals surface area contributed by atoms with Gasteiger partial charge >= 0.3 is 0 Å². The number of aromatic nitrogens is 1. The molecule has 1 fully saturated rings. The molecular weight excluding hydrogens is 560 g/mol. The molecule has 1 N–H and O–H groups in total. The average Bonchev–Trinajstić information content (AvgIpc) is 2.99. The molecule has 2 heterocycles. The van der Waals surface area contributed by atoms with Crippen LogP contribution in [0.2, 0.25) is 0 Å². The first-order valence-corrected chi connectivity index (χ1v) is 16.2. The molecule has 0 bridgehead atoms. The van der Waals surface area contributed by atoms with Crippen LogP contribution in [0.25, 0.3) is 10.9 Å². The van der Waals surface area contributed by atoms with Crippen molar-refractivity contribution in [3.63, 3.8) is 0 Å². The molecule has 0 radical (unpaired) electrons. The summed E-state index contributed by atoms with van der Waals surface area (Å²) >= 11 is 0. The van der Waals surface area contributed by atoms with Gasteiger partial charge in [0, 0.05) is 37.8 Å². The van der Waals surface area contributed by atoms with Crippen LogP contribution in [0.5, 0.6) is 0 Å². The number of benzene rings is 3. The molecule has 2 atom stereocenters. The molecule has 41 heavy (non-hydrogen) atoms. The van der Waals surface area contributed by atoms with Crippen LogP contribution in [0.3, 0.4) is 0 Å². The third-order valence-corrected chi connectivity index (χ3v) is 11.2. The average molecular weight is 593 g/mol. The summed E-state index contributed by atoms with van der Waals surface area (Å²) in [5, 5.41) is 3.52. The number of hydrogen-bond donors (Lipinski definition) is 1. The number of carbonyl (C=O) groups excluding carboxylic acids is 1. The predicted octanol–water partition coefficient (Wildman–Crippen LogP) is 3.53. The van der Waals surface area contributed by atoms with E-state index in [0.717, 1.165) is 15.4 Å². The molecule has 2 unspecified atom stereocenters. The highest BCUT2D eigenvalue weighted by atomic mass is 32.2. The summed E-state index contributed by atoms with van der Waals surface area (Å²) in [5.74, 6) is -0.600. The maximum absolute atomic E-state index is 14.1. The highest BCUT2D eigenvalue weighted by Crippen LogP contribution is 2.29. The van der Waals surface area contributed by atoms with E-state index in [9.17, 15) is 21.6 Å². The number of para-hydroxylation sites is 1. The number of sulfonamides is 2. The van der Waals surface area contributed by atoms with Crippen LogP contribution in [0.4, 0.5) is 0 Å². The summed E-state index contributed by atoms with van der Waals surface area (Å²) in [6.07, 6.45) is 1.52. The topological polar surface area (TPSA) is 117 Å². The Morgan fingerprint density at radius 1 is 0.902 bits per heavy atom. The molecule has 11 heteroatoms. The first kappa shape index (κ1) is 28.9. The minimum atomic E-state index is -4.22. The highest BCUT2D eigenvalue weighted by Gasteiger charge is 2.44. The van der Waals surface area contributed by atoms with E-state index in [2.05, 4.69) is 10.3 Å². The van der Waals surface area contributed by atoms with Crippen molar-refractivity contribution in [2.75, 3.05) is 26.2 Å². The van der Waals surface area contributed by atoms with Gasteiger partial charge in [-0.25, -0.2) is 16.8 Å². The van der Waals surface area contributed by atoms with Crippen molar-refractivity contribution in [1.29, 1.82) is 0 Å². The van der Waals surface area contributed by atoms with Crippen molar-refractivity contribution in [3.05, 3.63) is 102 Å². The number of hydrogen-bond acceptors (Lipinski definition) is 6. The smallest absolute Gasteiger partial charge is 0.246 e. The zero-order valence-electron chi connectivity index (χ0n) is 22.8. The van der Waals surface area contributed by atoms with Crippen molar-refractivity contribution in [2.45, 2.75) is 35.6 Å². The molecule has 5 rings (SSSR count). The fraction of sp³-hybridized carbons (Fsp3) is 0.267. The van der Waals surface area contributed by atoms with Crippen LogP contribution in [0.1, 0.15) is 24.0 Å². The van der Waals surface area contributed by atoms with Gasteiger partial charge in [-0.3, -0.25) is 9.78 Å². The lowest BCUT2D eigenvalue weighted by Crippen LogP contribution is -2.61. The van der Waals surface area contributed by atoms with Crippen LogP contribution in [-0.4, -0.2) is 68.6 Å². The number of nitrogens with zero attached hydrogens (tertiary/aromatic N) is 3. The van der Waals surface area contributed by atoms with Gasteiger partial charge in [-0.15, -0.1) is 0 Å². The molecule has 1 aliphatic rings. The maximum atomic E-state index is 14.1. The number of carbonyl (C=O) groups is 1. The second-order valence-corrected chi connectivity index (χ2v) is 14.0. The zero-order chi connectivity index (χ0) is 29.2. The van der Waals surface area contributed by atoms with E-state index in [1.165, 1.54) is 28.7 Å². The van der Waals surface area contributed by atoms with Gasteiger partial charge < -0.3 is 5.32 Å². The van der Waals surface area contributed by atoms with Gasteiger partial charge in [0.2, 0.25) is 26.0 Å². The lowest BCUT2D eigenvalue weighted by atomic mass is 10.0. The molecule has 1 saturated heterocycles. The van der Waals surface area contributed by atoms with Crippen LogP contribution >= 0.6 is 0 Å². The third kappa shape index (κ3) is 5.89. The number of rotatable bonds is 8. The number of piperazine rings is 1. The fourth-order valence-electron chi connectivity index (χ4n) is 5.00. The summed E-state index contributed by atoms with van der Waals surface area (Å²) < 4.78 is 57.5. The monoisotopic (exact) mass is 592 g/mol. The van der Waals surface area contributed by atoms with E-state index in [4.69, 9.17) is 0 Å². The largest absolute Gasteiger partial charge is 0.354 e. The highest BCUT2D eigenvalue weighted by molar-refractivity contribution is 7.89. The van der Waals surface area contributed by atoms with Gasteiger partial charge in [0.25, 0.3) is 0 Å². The van der Waals surface area contributed by atoms with Gasteiger partial charge in [0.05, 0.1) is 10.4 Å². The van der Waals surface area contributed by atoms with Gasteiger partial charge in [-0.05, 0) is 42.7 Å². The predicted molar refractivity (Wildman–Crippen MR) is 157 cm³/mol. The van der Waals surface area contributed by atoms with Crippen molar-refractivity contribution < 1.29 is 21.6 Å². The van der Waals surface area contributed by atoms with E-state index in [1.807, 2.05) is 44.2 Å². The molecule has 1 aromatic heterocycles. The van der Waals surface area contributed by atoms with E-state index >= 15 is 0 Å². The number of amides is 1. The standard InChI is InChI=1S/C30H32N4O5S2/c1-22-13-15-26(16-14-22)40(36,37)33-18-19-34(41(38,39)28-12-6-10-25-11-7-17-31-29(25)28)27(21-33)30(35)32-20-23(2)24-8-4-3-5-9-24/h3-17,23,27H,18-21H2,1-2H3,(H,32,35). The van der Waals surface area contributed by atoms with Gasteiger partial charge in [0.1, 0.15) is 10.9 Å². The normalized spacial score (nSPS) is 17.8. The summed E-state index contributed by atoms with van der Waals surface area (Å²) in [6, 6.07) is 23.2. The van der Waals surface area contributed by atoms with Crippen molar-refractivity contribution in [2.24, 2.45) is 0 Å². The van der Waals surface area contributed by atoms with Crippen molar-refractivity contribution in [3.8, 4) is 0 Å². The molecule has 4 aromatic rings. The molecule has 3 aromatic carbocycles. The van der Waals surface area contributed by atoms with E-state index < -0.39 is 32.0 Å². The Kier molecular flexibility index (Phi) is 8.23. The summed E-state index contributed by atoms with van der Waals surface area (Å²) in [6.45, 7) is 3.47. The number of fused-ring (bicyclic) bond motifs is 1. The van der Waals surface area contributed by atoms with Crippen LogP contribution in [-0.2, 0) is 24.8 Å². The van der Waals surface area contributed by atoms with Gasteiger partial charge in [-0.2, -0.15) is 8.61 Å². The lowest BCUT2D eigenvalue weighted by Gasteiger charge is -2.39. The molecule has 0 spiro atoms. The summed E-state index contributed by atoms with van der Waals surface area (Å²) in [4.78, 5) is 18.0. The molecule has 1 aliphatic heterocycles. The molecular formula is C30H32N4O5S2. The minimum absolute atomic E-state index is 0.0269. The zero-order valence-corrected chi connectivity index (χ0v) is 24.5. The Morgan fingerprint density at radius 2 is 1.61 bits per heavy atom. The quantitative estimate of drug-likeness (QED) is 0.335. The number of pyridine rings is 1. The number of nitrogens with one attached hydrogen (secondary N) is 1. The maximum Gasteiger partial charge on any atom is 0.246 e. The minimum Gasteiger partial charge on any atom is -0.354 e. The lowest BCUT2D eigenvalue weighted by molar-refractivity contribution is -0.125. The molecule has 0 aliphatic carbocycles. The van der Waals surface area contributed by atoms with Crippen molar-refractivity contribution in [1.82, 2.24) is 18.9 Å². The fourth-order valence-corrected chi connectivity index (χ4v) is 8.18. The Hall–Kier alpha value is -3.64. The van der Waals surface area contributed by atoms with Gasteiger partial charge in [-0.1, -0.05) is 73.2 Å². The second kappa shape index (κ2) is 11.7. The van der Waals surface area contributed by atoms with Gasteiger partial charge in [0.15, 0.2) is 0 Å². The van der Waals surface area contributed by atoms with Crippen LogP contribution < -0.4 is 5.32 Å². The van der Waals surface area contributed by atoms with Crippen LogP contribution in [0, 0.1) is 6.92 Å². The molecule has 1 amide bonds. The first-order valence-electron chi connectivity index (χ1n) is 13.3. The SMILES string of the molecule is Cc1ccc(S(=O)(=O)N2CCN(S(=O)(=O)c3cccc4cccnc34)C(C(=O)NCC(C)c3ccccc3)C2)cc1. The Morgan fingerprint density at radius 3 is 2.34 bits per heavy atom. The molecule has 0 saturated carbocycles. The molecule has 214 valence electrons. The Labute approximate surface area is 240 Å². The van der Waals surface area contributed by atoms with Crippen LogP contribution in [0.15, 0.2) is 101 Å². The Balaban J connectivity index is 1.47. The number of aryl methyl sites for hydroxylation is 1. The summed E-state index contributed by atoms with van der Waals surface area (Å²) in [5.41, 5.74) is 2.22. The van der Waals surface area contributed by atoms with E-state index in [0.29, 0.717) is 10.9 Å². The van der Waals surface area contributed by atoms with Crippen molar-refractivity contribution >= 4 is 36.9 Å². The van der Waals surface area contributed by atoms with E-state index in [1.54, 1.807) is 36.4 Å². The summed E-state index contributed by atoms with van der Waals surface area (Å²) in [7, 11) is -8.19. The molecule has 9 nitrogen and oxygen atoms in total. The first-order chi connectivity index (χ1) is 19.6.